The topological polar surface area (TPSA) is 90.7 Å². The Morgan fingerprint density at radius 1 is 1.18 bits per heavy atom. The normalized spacial score (nSPS) is 16.7. The Balaban J connectivity index is 1.92. The number of aryl methyl sites for hydroxylation is 1. The molecular formula is C21H16N2O4S. The molecule has 1 aliphatic heterocycles. The number of carbonyl (C=O) groups is 2. The lowest BCUT2D eigenvalue weighted by atomic mass is 9.96. The lowest BCUT2D eigenvalue weighted by Gasteiger charge is -2.27. The SMILES string of the molecule is Cc1ccc(O)c(N2C(=O)C(O)=C(C(=O)c3cccs3)C2c2cccnc2)c1. The number of nitrogens with zero attached hydrogens (tertiary/aromatic N) is 2. The Morgan fingerprint density at radius 2 is 2.00 bits per heavy atom. The van der Waals surface area contributed by atoms with Gasteiger partial charge in [-0.15, -0.1) is 11.3 Å². The predicted octanol–water partition coefficient (Wildman–Crippen LogP) is 3.94. The molecule has 3 heterocycles. The number of thiophene rings is 1. The van der Waals surface area contributed by atoms with E-state index in [4.69, 9.17) is 0 Å². The molecule has 0 spiro atoms. The van der Waals surface area contributed by atoms with Crippen molar-refractivity contribution < 1.29 is 19.8 Å². The van der Waals surface area contributed by atoms with Gasteiger partial charge >= 0.3 is 0 Å². The highest BCUT2D eigenvalue weighted by Crippen LogP contribution is 2.44. The zero-order chi connectivity index (χ0) is 19.8. The zero-order valence-corrected chi connectivity index (χ0v) is 15.7. The zero-order valence-electron chi connectivity index (χ0n) is 14.9. The van der Waals surface area contributed by atoms with Crippen LogP contribution in [-0.4, -0.2) is 26.9 Å². The average Bonchev–Trinajstić information content (AvgIpc) is 3.32. The number of rotatable bonds is 4. The Hall–Kier alpha value is -3.45. The molecule has 0 saturated heterocycles. The van der Waals surface area contributed by atoms with E-state index in [-0.39, 0.29) is 17.0 Å². The quantitative estimate of drug-likeness (QED) is 0.657. The first-order valence-corrected chi connectivity index (χ1v) is 9.41. The molecule has 1 aromatic carbocycles. The van der Waals surface area contributed by atoms with Crippen molar-refractivity contribution in [2.45, 2.75) is 13.0 Å². The standard InChI is InChI=1S/C21H16N2O4S/c1-12-6-7-15(24)14(10-12)23-18(13-4-2-8-22-11-13)17(20(26)21(23)27)19(25)16-5-3-9-28-16/h2-11,18,24,26H,1H3. The van der Waals surface area contributed by atoms with Crippen molar-refractivity contribution in [1.82, 2.24) is 4.98 Å². The van der Waals surface area contributed by atoms with Gasteiger partial charge in [0.05, 0.1) is 22.2 Å². The molecule has 4 rings (SSSR count). The van der Waals surface area contributed by atoms with Crippen LogP contribution in [0.3, 0.4) is 0 Å². The minimum atomic E-state index is -0.900. The summed E-state index contributed by atoms with van der Waals surface area (Å²) in [6, 6.07) is 10.7. The number of benzene rings is 1. The van der Waals surface area contributed by atoms with Gasteiger partial charge in [-0.25, -0.2) is 0 Å². The van der Waals surface area contributed by atoms with Gasteiger partial charge in [-0.2, -0.15) is 0 Å². The maximum atomic E-state index is 13.1. The number of hydrogen-bond donors (Lipinski definition) is 2. The van der Waals surface area contributed by atoms with Crippen LogP contribution in [0.2, 0.25) is 0 Å². The number of Topliss-reactive ketones (excluding diaryl/α,β-unsaturated/α-hetero) is 1. The van der Waals surface area contributed by atoms with E-state index in [0.29, 0.717) is 10.4 Å². The highest BCUT2D eigenvalue weighted by atomic mass is 32.1. The average molecular weight is 392 g/mol. The fraction of sp³-hybridized carbons (Fsp3) is 0.0952. The van der Waals surface area contributed by atoms with Crippen molar-refractivity contribution in [2.24, 2.45) is 0 Å². The molecule has 3 aromatic rings. The number of carbonyl (C=O) groups excluding carboxylic acids is 2. The third-order valence-corrected chi connectivity index (χ3v) is 5.46. The van der Waals surface area contributed by atoms with E-state index >= 15 is 0 Å². The Kier molecular flexibility index (Phi) is 4.44. The molecule has 2 N–H and O–H groups in total. The highest BCUT2D eigenvalue weighted by Gasteiger charge is 2.45. The van der Waals surface area contributed by atoms with Crippen LogP contribution in [0.15, 0.2) is 71.6 Å². The molecule has 1 amide bonds. The Labute approximate surface area is 165 Å². The Bertz CT molecular complexity index is 1090. The number of aromatic nitrogens is 1. The van der Waals surface area contributed by atoms with E-state index in [1.807, 2.05) is 6.92 Å². The molecule has 0 saturated carbocycles. The van der Waals surface area contributed by atoms with Gasteiger partial charge in [-0.3, -0.25) is 19.5 Å². The molecule has 0 fully saturated rings. The fourth-order valence-corrected chi connectivity index (χ4v) is 3.98. The summed E-state index contributed by atoms with van der Waals surface area (Å²) in [5.74, 6) is -1.90. The maximum absolute atomic E-state index is 13.1. The van der Waals surface area contributed by atoms with Crippen LogP contribution < -0.4 is 4.90 Å². The summed E-state index contributed by atoms with van der Waals surface area (Å²) >= 11 is 1.23. The van der Waals surface area contributed by atoms with Crippen LogP contribution in [0.1, 0.15) is 26.8 Å². The van der Waals surface area contributed by atoms with Gasteiger partial charge in [0.1, 0.15) is 5.75 Å². The van der Waals surface area contributed by atoms with E-state index in [9.17, 15) is 19.8 Å². The molecule has 28 heavy (non-hydrogen) atoms. The molecule has 0 radical (unpaired) electrons. The van der Waals surface area contributed by atoms with Gasteiger partial charge in [0, 0.05) is 12.4 Å². The molecule has 7 heteroatoms. The second-order valence-electron chi connectivity index (χ2n) is 6.42. The van der Waals surface area contributed by atoms with Gasteiger partial charge in [0.2, 0.25) is 5.78 Å². The van der Waals surface area contributed by atoms with Gasteiger partial charge in [0.25, 0.3) is 5.91 Å². The molecule has 6 nitrogen and oxygen atoms in total. The lowest BCUT2D eigenvalue weighted by molar-refractivity contribution is -0.117. The largest absolute Gasteiger partial charge is 0.506 e. The second-order valence-corrected chi connectivity index (χ2v) is 7.37. The second kappa shape index (κ2) is 6.94. The molecule has 0 bridgehead atoms. The fourth-order valence-electron chi connectivity index (χ4n) is 3.31. The summed E-state index contributed by atoms with van der Waals surface area (Å²) in [4.78, 5) is 31.8. The van der Waals surface area contributed by atoms with Gasteiger partial charge in [-0.1, -0.05) is 18.2 Å². The summed E-state index contributed by atoms with van der Waals surface area (Å²) in [6.45, 7) is 1.83. The minimum absolute atomic E-state index is 0.0265. The van der Waals surface area contributed by atoms with Crippen molar-refractivity contribution >= 4 is 28.7 Å². The summed E-state index contributed by atoms with van der Waals surface area (Å²) < 4.78 is 0. The summed E-state index contributed by atoms with van der Waals surface area (Å²) in [7, 11) is 0. The number of pyridine rings is 1. The predicted molar refractivity (Wildman–Crippen MR) is 106 cm³/mol. The van der Waals surface area contributed by atoms with E-state index < -0.39 is 23.5 Å². The monoisotopic (exact) mass is 392 g/mol. The van der Waals surface area contributed by atoms with Crippen molar-refractivity contribution in [3.05, 3.63) is 87.6 Å². The molecule has 140 valence electrons. The van der Waals surface area contributed by atoms with Gasteiger partial charge in [0.15, 0.2) is 5.76 Å². The van der Waals surface area contributed by atoms with E-state index in [1.54, 1.807) is 48.0 Å². The first-order chi connectivity index (χ1) is 13.5. The number of phenols is 1. The molecule has 0 aliphatic carbocycles. The van der Waals surface area contributed by atoms with Crippen LogP contribution in [-0.2, 0) is 4.79 Å². The smallest absolute Gasteiger partial charge is 0.294 e. The number of aliphatic hydroxyl groups is 1. The van der Waals surface area contributed by atoms with E-state index in [1.165, 1.54) is 28.5 Å². The van der Waals surface area contributed by atoms with Crippen LogP contribution in [0.4, 0.5) is 5.69 Å². The minimum Gasteiger partial charge on any atom is -0.506 e. The molecule has 1 aliphatic rings. The maximum Gasteiger partial charge on any atom is 0.294 e. The van der Waals surface area contributed by atoms with Crippen LogP contribution in [0.5, 0.6) is 5.75 Å². The summed E-state index contributed by atoms with van der Waals surface area (Å²) in [6.07, 6.45) is 3.12. The molecular weight excluding hydrogens is 376 g/mol. The highest BCUT2D eigenvalue weighted by molar-refractivity contribution is 7.12. The van der Waals surface area contributed by atoms with Crippen molar-refractivity contribution in [2.75, 3.05) is 4.90 Å². The number of hydrogen-bond acceptors (Lipinski definition) is 6. The number of phenolic OH excluding ortho intramolecular Hbond substituents is 1. The van der Waals surface area contributed by atoms with Crippen molar-refractivity contribution in [3.63, 3.8) is 0 Å². The number of amides is 1. The van der Waals surface area contributed by atoms with Crippen LogP contribution in [0, 0.1) is 6.92 Å². The Morgan fingerprint density at radius 3 is 2.68 bits per heavy atom. The van der Waals surface area contributed by atoms with Gasteiger partial charge in [-0.05, 0) is 47.7 Å². The van der Waals surface area contributed by atoms with E-state index in [2.05, 4.69) is 4.98 Å². The summed E-state index contributed by atoms with van der Waals surface area (Å²) in [5, 5.41) is 22.8. The third kappa shape index (κ3) is 2.86. The molecule has 1 atom stereocenters. The molecule has 2 aromatic heterocycles. The lowest BCUT2D eigenvalue weighted by Crippen LogP contribution is -2.31. The summed E-state index contributed by atoms with van der Waals surface area (Å²) in [5.41, 5.74) is 1.57. The number of aromatic hydroxyl groups is 1. The van der Waals surface area contributed by atoms with Crippen molar-refractivity contribution in [3.8, 4) is 5.75 Å². The number of anilines is 1. The first kappa shape index (κ1) is 17.9. The van der Waals surface area contributed by atoms with Crippen molar-refractivity contribution in [1.29, 1.82) is 0 Å². The van der Waals surface area contributed by atoms with E-state index in [0.717, 1.165) is 5.56 Å². The number of aliphatic hydroxyl groups excluding tert-OH is 1. The molecule has 1 unspecified atom stereocenters. The number of ketones is 1. The van der Waals surface area contributed by atoms with Gasteiger partial charge < -0.3 is 10.2 Å². The van der Waals surface area contributed by atoms with Crippen LogP contribution in [0.25, 0.3) is 0 Å². The van der Waals surface area contributed by atoms with Crippen LogP contribution >= 0.6 is 11.3 Å². The first-order valence-electron chi connectivity index (χ1n) is 8.53. The third-order valence-electron chi connectivity index (χ3n) is 4.59.